The van der Waals surface area contributed by atoms with Gasteiger partial charge in [-0.1, -0.05) is 6.58 Å². The molecule has 1 atom stereocenters. The van der Waals surface area contributed by atoms with Crippen molar-refractivity contribution < 1.29 is 18.7 Å². The molecular formula is C18H23FN2O3. The molecule has 0 saturated carbocycles. The number of nitrogens with zero attached hydrogens (tertiary/aromatic N) is 1. The van der Waals surface area contributed by atoms with Crippen LogP contribution in [0.25, 0.3) is 0 Å². The monoisotopic (exact) mass is 334 g/mol. The molecule has 24 heavy (non-hydrogen) atoms. The van der Waals surface area contributed by atoms with Gasteiger partial charge in [0.2, 0.25) is 5.91 Å². The Morgan fingerprint density at radius 1 is 1.38 bits per heavy atom. The van der Waals surface area contributed by atoms with E-state index in [1.165, 1.54) is 24.3 Å². The standard InChI is InChI=1S/C18H23FN2O3/c1-5-17(22)21-9-13(10-21)12(4)20-18(23)15-8-14(19)6-7-16(15)24-11(2)3/h5-8,11-13H,1,9-10H2,2-4H3,(H,20,23). The van der Waals surface area contributed by atoms with E-state index in [1.807, 2.05) is 20.8 Å². The molecule has 0 bridgehead atoms. The zero-order valence-corrected chi connectivity index (χ0v) is 14.2. The number of carbonyl (C=O) groups is 2. The summed E-state index contributed by atoms with van der Waals surface area (Å²) < 4.78 is 19.1. The number of nitrogens with one attached hydrogen (secondary N) is 1. The minimum Gasteiger partial charge on any atom is -0.490 e. The molecular weight excluding hydrogens is 311 g/mol. The van der Waals surface area contributed by atoms with E-state index in [9.17, 15) is 14.0 Å². The predicted octanol–water partition coefficient (Wildman–Crippen LogP) is 2.38. The Balaban J connectivity index is 2.01. The number of benzene rings is 1. The van der Waals surface area contributed by atoms with E-state index in [0.717, 1.165) is 0 Å². The summed E-state index contributed by atoms with van der Waals surface area (Å²) in [5, 5.41) is 2.87. The number of likely N-dealkylation sites (tertiary alicyclic amines) is 1. The van der Waals surface area contributed by atoms with Gasteiger partial charge in [-0.2, -0.15) is 0 Å². The van der Waals surface area contributed by atoms with Crippen LogP contribution in [0.3, 0.4) is 0 Å². The highest BCUT2D eigenvalue weighted by molar-refractivity contribution is 5.97. The average Bonchev–Trinajstić information content (AvgIpc) is 2.46. The lowest BCUT2D eigenvalue weighted by molar-refractivity contribution is -0.132. The zero-order chi connectivity index (χ0) is 17.9. The fraction of sp³-hybridized carbons (Fsp3) is 0.444. The summed E-state index contributed by atoms with van der Waals surface area (Å²) in [6.07, 6.45) is 1.16. The molecule has 1 aliphatic heterocycles. The molecule has 0 aromatic heterocycles. The van der Waals surface area contributed by atoms with Gasteiger partial charge in [-0.25, -0.2) is 4.39 Å². The van der Waals surface area contributed by atoms with Gasteiger partial charge in [0.25, 0.3) is 5.91 Å². The lowest BCUT2D eigenvalue weighted by Gasteiger charge is -2.42. The highest BCUT2D eigenvalue weighted by Gasteiger charge is 2.34. The topological polar surface area (TPSA) is 58.6 Å². The number of rotatable bonds is 6. The number of carbonyl (C=O) groups excluding carboxylic acids is 2. The Bertz CT molecular complexity index is 639. The van der Waals surface area contributed by atoms with Gasteiger partial charge in [0.1, 0.15) is 11.6 Å². The van der Waals surface area contributed by atoms with Gasteiger partial charge >= 0.3 is 0 Å². The molecule has 2 amide bonds. The Kier molecular flexibility index (Phi) is 5.59. The van der Waals surface area contributed by atoms with Crippen LogP contribution in [0.4, 0.5) is 4.39 Å². The second kappa shape index (κ2) is 7.47. The predicted molar refractivity (Wildman–Crippen MR) is 89.4 cm³/mol. The summed E-state index contributed by atoms with van der Waals surface area (Å²) in [5.41, 5.74) is 0.175. The normalized spacial score (nSPS) is 15.6. The number of halogens is 1. The zero-order valence-electron chi connectivity index (χ0n) is 14.2. The van der Waals surface area contributed by atoms with E-state index in [0.29, 0.717) is 18.8 Å². The van der Waals surface area contributed by atoms with E-state index in [1.54, 1.807) is 4.90 Å². The Labute approximate surface area is 141 Å². The van der Waals surface area contributed by atoms with E-state index < -0.39 is 5.82 Å². The molecule has 1 aromatic rings. The van der Waals surface area contributed by atoms with E-state index in [4.69, 9.17) is 4.74 Å². The second-order valence-electron chi connectivity index (χ2n) is 6.28. The van der Waals surface area contributed by atoms with Gasteiger partial charge in [-0.3, -0.25) is 9.59 Å². The van der Waals surface area contributed by atoms with E-state index >= 15 is 0 Å². The maximum atomic E-state index is 13.5. The van der Waals surface area contributed by atoms with Crippen LogP contribution in [0.1, 0.15) is 31.1 Å². The molecule has 1 heterocycles. The van der Waals surface area contributed by atoms with Crippen molar-refractivity contribution in [3.05, 3.63) is 42.2 Å². The lowest BCUT2D eigenvalue weighted by Crippen LogP contribution is -2.57. The van der Waals surface area contributed by atoms with Crippen LogP contribution in [0.5, 0.6) is 5.75 Å². The van der Waals surface area contributed by atoms with Gasteiger partial charge < -0.3 is 15.0 Å². The minimum atomic E-state index is -0.490. The largest absolute Gasteiger partial charge is 0.490 e. The molecule has 1 fully saturated rings. The SMILES string of the molecule is C=CC(=O)N1CC(C(C)NC(=O)c2cc(F)ccc2OC(C)C)C1. The van der Waals surface area contributed by atoms with Crippen LogP contribution in [0.2, 0.25) is 0 Å². The van der Waals surface area contributed by atoms with Gasteiger partial charge in [0.05, 0.1) is 11.7 Å². The number of ether oxygens (including phenoxy) is 1. The Morgan fingerprint density at radius 2 is 2.04 bits per heavy atom. The van der Waals surface area contributed by atoms with Crippen molar-refractivity contribution in [3.8, 4) is 5.75 Å². The Hall–Kier alpha value is -2.37. The molecule has 0 radical (unpaired) electrons. The van der Waals surface area contributed by atoms with E-state index in [2.05, 4.69) is 11.9 Å². The third-order valence-electron chi connectivity index (χ3n) is 4.01. The summed E-state index contributed by atoms with van der Waals surface area (Å²) >= 11 is 0. The van der Waals surface area contributed by atoms with Crippen molar-refractivity contribution >= 4 is 11.8 Å². The lowest BCUT2D eigenvalue weighted by atomic mass is 9.92. The van der Waals surface area contributed by atoms with Crippen LogP contribution in [-0.2, 0) is 4.79 Å². The first kappa shape index (κ1) is 18.0. The van der Waals surface area contributed by atoms with E-state index in [-0.39, 0.29) is 35.4 Å². The highest BCUT2D eigenvalue weighted by atomic mass is 19.1. The molecule has 2 rings (SSSR count). The first-order valence-corrected chi connectivity index (χ1v) is 8.00. The van der Waals surface area contributed by atoms with Crippen LogP contribution >= 0.6 is 0 Å². The second-order valence-corrected chi connectivity index (χ2v) is 6.28. The van der Waals surface area contributed by atoms with Crippen LogP contribution in [0.15, 0.2) is 30.9 Å². The third kappa shape index (κ3) is 4.13. The first-order chi connectivity index (χ1) is 11.3. The maximum Gasteiger partial charge on any atom is 0.255 e. The average molecular weight is 334 g/mol. The van der Waals surface area contributed by atoms with Crippen molar-refractivity contribution in [1.82, 2.24) is 10.2 Å². The molecule has 1 N–H and O–H groups in total. The van der Waals surface area contributed by atoms with Crippen molar-refractivity contribution in [1.29, 1.82) is 0 Å². The molecule has 5 nitrogen and oxygen atoms in total. The Morgan fingerprint density at radius 3 is 2.62 bits per heavy atom. The van der Waals surface area contributed by atoms with Gasteiger partial charge in [-0.05, 0) is 45.0 Å². The summed E-state index contributed by atoms with van der Waals surface area (Å²) in [7, 11) is 0. The summed E-state index contributed by atoms with van der Waals surface area (Å²) in [5.74, 6) is -0.460. The molecule has 1 saturated heterocycles. The van der Waals surface area contributed by atoms with Crippen LogP contribution in [0, 0.1) is 11.7 Å². The summed E-state index contributed by atoms with van der Waals surface area (Å²) in [4.78, 5) is 25.6. The quantitative estimate of drug-likeness (QED) is 0.813. The van der Waals surface area contributed by atoms with Gasteiger partial charge in [-0.15, -0.1) is 0 Å². The molecule has 1 aromatic carbocycles. The van der Waals surface area contributed by atoms with Gasteiger partial charge in [0, 0.05) is 25.0 Å². The molecule has 1 unspecified atom stereocenters. The maximum absolute atomic E-state index is 13.5. The van der Waals surface area contributed by atoms with Gasteiger partial charge in [0.15, 0.2) is 0 Å². The fourth-order valence-electron chi connectivity index (χ4n) is 2.58. The summed E-state index contributed by atoms with van der Waals surface area (Å²) in [6.45, 7) is 10.2. The van der Waals surface area contributed by atoms with Crippen molar-refractivity contribution in [3.63, 3.8) is 0 Å². The fourth-order valence-corrected chi connectivity index (χ4v) is 2.58. The smallest absolute Gasteiger partial charge is 0.255 e. The number of hydrogen-bond acceptors (Lipinski definition) is 3. The molecule has 1 aliphatic rings. The molecule has 6 heteroatoms. The molecule has 0 spiro atoms. The molecule has 130 valence electrons. The first-order valence-electron chi connectivity index (χ1n) is 8.00. The third-order valence-corrected chi connectivity index (χ3v) is 4.01. The van der Waals surface area contributed by atoms with Crippen molar-refractivity contribution in [2.24, 2.45) is 5.92 Å². The van der Waals surface area contributed by atoms with Crippen LogP contribution < -0.4 is 10.1 Å². The van der Waals surface area contributed by atoms with Crippen molar-refractivity contribution in [2.45, 2.75) is 32.9 Å². The van der Waals surface area contributed by atoms with Crippen LogP contribution in [-0.4, -0.2) is 41.9 Å². The number of amides is 2. The number of hydrogen-bond donors (Lipinski definition) is 1. The highest BCUT2D eigenvalue weighted by Crippen LogP contribution is 2.23. The van der Waals surface area contributed by atoms with Crippen molar-refractivity contribution in [2.75, 3.05) is 13.1 Å². The molecule has 0 aliphatic carbocycles. The summed E-state index contributed by atoms with van der Waals surface area (Å²) in [6, 6.07) is 3.76. The minimum absolute atomic E-state index is 0.109.